The zero-order valence-corrected chi connectivity index (χ0v) is 13.8. The zero-order valence-electron chi connectivity index (χ0n) is 13.8. The quantitative estimate of drug-likeness (QED) is 0.248. The average molecular weight is 290 g/mol. The molecular weight excluding hydrogens is 260 g/mol. The maximum Gasteiger partial charge on any atom is 0.384 e. The molecule has 0 aliphatic heterocycles. The number of ether oxygens (including phenoxy) is 1. The van der Waals surface area contributed by atoms with Crippen LogP contribution >= 0.6 is 0 Å². The molecule has 0 aromatic carbocycles. The summed E-state index contributed by atoms with van der Waals surface area (Å²) < 4.78 is 4.42. The number of hydrogen-bond acceptors (Lipinski definition) is 2. The van der Waals surface area contributed by atoms with E-state index in [2.05, 4.69) is 35.3 Å². The van der Waals surface area contributed by atoms with Crippen LogP contribution in [0.3, 0.4) is 0 Å². The van der Waals surface area contributed by atoms with Crippen molar-refractivity contribution in [2.24, 2.45) is 0 Å². The predicted octanol–water partition coefficient (Wildman–Crippen LogP) is 4.87. The van der Waals surface area contributed by atoms with Crippen molar-refractivity contribution in [2.45, 2.75) is 84.0 Å². The average Bonchev–Trinajstić information content (AvgIpc) is 2.50. The molecule has 21 heavy (non-hydrogen) atoms. The van der Waals surface area contributed by atoms with Crippen LogP contribution in [0.1, 0.15) is 84.0 Å². The predicted molar refractivity (Wildman–Crippen MR) is 88.6 cm³/mol. The minimum Gasteiger partial charge on any atom is -0.459 e. The number of unbranched alkanes of at least 4 members (excludes halogenated alkanes) is 10. The highest BCUT2D eigenvalue weighted by Crippen LogP contribution is 2.10. The Balaban J connectivity index is 3.26. The lowest BCUT2D eigenvalue weighted by Gasteiger charge is -2.00. The molecule has 0 aromatic rings. The molecule has 0 saturated heterocycles. The summed E-state index contributed by atoms with van der Waals surface area (Å²) in [6.45, 7) is 2.26. The molecule has 0 aliphatic rings. The summed E-state index contributed by atoms with van der Waals surface area (Å²) >= 11 is 0. The van der Waals surface area contributed by atoms with Crippen molar-refractivity contribution in [3.63, 3.8) is 0 Å². The van der Waals surface area contributed by atoms with Gasteiger partial charge in [-0.2, -0.15) is 0 Å². The lowest BCUT2D eigenvalue weighted by atomic mass is 10.1. The third-order valence-electron chi connectivity index (χ3n) is 3.28. The van der Waals surface area contributed by atoms with Crippen molar-refractivity contribution in [3.05, 3.63) is 0 Å². The topological polar surface area (TPSA) is 26.3 Å². The first kappa shape index (κ1) is 19.6. The van der Waals surface area contributed by atoms with E-state index in [0.717, 1.165) is 12.8 Å². The molecule has 0 aliphatic carbocycles. The largest absolute Gasteiger partial charge is 0.459 e. The summed E-state index contributed by atoms with van der Waals surface area (Å²) in [5.41, 5.74) is 0. The van der Waals surface area contributed by atoms with Crippen molar-refractivity contribution in [2.75, 3.05) is 7.11 Å². The van der Waals surface area contributed by atoms with Gasteiger partial charge in [-0.1, -0.05) is 64.2 Å². The third-order valence-corrected chi connectivity index (χ3v) is 3.28. The van der Waals surface area contributed by atoms with E-state index in [0.29, 0.717) is 6.42 Å². The molecule has 2 heteroatoms. The number of rotatable bonds is 10. The van der Waals surface area contributed by atoms with Gasteiger partial charge in [-0.05, 0) is 6.42 Å². The fourth-order valence-corrected chi connectivity index (χ4v) is 2.01. The Kier molecular flexibility index (Phi) is 15.5. The molecule has 0 bridgehead atoms. The second-order valence-corrected chi connectivity index (χ2v) is 5.23. The highest BCUT2D eigenvalue weighted by Gasteiger charge is 1.91. The summed E-state index contributed by atoms with van der Waals surface area (Å²) in [5, 5.41) is 0. The highest BCUT2D eigenvalue weighted by molar-refractivity contribution is 5.88. The number of carbonyl (C=O) groups excluding carboxylic acids is 1. The van der Waals surface area contributed by atoms with Gasteiger partial charge in [-0.3, -0.25) is 0 Å². The van der Waals surface area contributed by atoms with Crippen LogP contribution in [0.5, 0.6) is 0 Å². The minimum atomic E-state index is -0.474. The van der Waals surface area contributed by atoms with Crippen LogP contribution in [0.15, 0.2) is 0 Å². The first-order valence-electron chi connectivity index (χ1n) is 8.33. The van der Waals surface area contributed by atoms with Crippen LogP contribution in [0, 0.1) is 23.7 Å². The molecule has 0 heterocycles. The molecular formula is C19H30O2. The normalized spacial score (nSPS) is 9.24. The van der Waals surface area contributed by atoms with Crippen LogP contribution in [0.2, 0.25) is 0 Å². The molecule has 0 saturated carbocycles. The fraction of sp³-hybridized carbons (Fsp3) is 0.737. The second kappa shape index (κ2) is 16.6. The zero-order chi connectivity index (χ0) is 15.6. The lowest BCUT2D eigenvalue weighted by molar-refractivity contribution is -0.133. The number of hydrogen-bond donors (Lipinski definition) is 0. The van der Waals surface area contributed by atoms with Gasteiger partial charge in [0.2, 0.25) is 0 Å². The van der Waals surface area contributed by atoms with Gasteiger partial charge in [-0.25, -0.2) is 4.79 Å². The summed E-state index contributed by atoms with van der Waals surface area (Å²) in [4.78, 5) is 10.7. The van der Waals surface area contributed by atoms with Crippen molar-refractivity contribution in [1.82, 2.24) is 0 Å². The van der Waals surface area contributed by atoms with E-state index in [-0.39, 0.29) is 0 Å². The number of esters is 1. The molecule has 2 nitrogen and oxygen atoms in total. The van der Waals surface area contributed by atoms with E-state index in [9.17, 15) is 4.79 Å². The van der Waals surface area contributed by atoms with Crippen molar-refractivity contribution in [3.8, 4) is 23.7 Å². The van der Waals surface area contributed by atoms with E-state index in [4.69, 9.17) is 0 Å². The molecule has 0 unspecified atom stereocenters. The first-order chi connectivity index (χ1) is 10.3. The summed E-state index contributed by atoms with van der Waals surface area (Å²) in [6, 6.07) is 0. The fourth-order valence-electron chi connectivity index (χ4n) is 2.01. The van der Waals surface area contributed by atoms with E-state index >= 15 is 0 Å². The maximum atomic E-state index is 10.7. The van der Waals surface area contributed by atoms with Gasteiger partial charge in [0.05, 0.1) is 7.11 Å². The number of carbonyl (C=O) groups is 1. The summed E-state index contributed by atoms with van der Waals surface area (Å²) in [7, 11) is 1.34. The molecule has 118 valence electrons. The van der Waals surface area contributed by atoms with Crippen molar-refractivity contribution >= 4 is 5.97 Å². The van der Waals surface area contributed by atoms with Gasteiger partial charge < -0.3 is 4.74 Å². The van der Waals surface area contributed by atoms with Crippen LogP contribution in [0.4, 0.5) is 0 Å². The van der Waals surface area contributed by atoms with Gasteiger partial charge >= 0.3 is 5.97 Å². The molecule has 0 rings (SSSR count). The summed E-state index contributed by atoms with van der Waals surface area (Å²) in [6.07, 6.45) is 14.5. The molecule has 0 atom stereocenters. The Bertz CT molecular complexity index is 362. The smallest absolute Gasteiger partial charge is 0.384 e. The Morgan fingerprint density at radius 2 is 1.29 bits per heavy atom. The van der Waals surface area contributed by atoms with Crippen LogP contribution in [-0.2, 0) is 9.53 Å². The molecule has 0 aromatic heterocycles. The van der Waals surface area contributed by atoms with Gasteiger partial charge in [0.25, 0.3) is 0 Å². The van der Waals surface area contributed by atoms with Crippen LogP contribution < -0.4 is 0 Å². The molecule has 0 radical (unpaired) electrons. The molecule has 0 spiro atoms. The van der Waals surface area contributed by atoms with E-state index in [1.165, 1.54) is 64.9 Å². The Morgan fingerprint density at radius 3 is 1.90 bits per heavy atom. The Hall–Kier alpha value is -1.41. The van der Waals surface area contributed by atoms with Gasteiger partial charge in [0.1, 0.15) is 0 Å². The third kappa shape index (κ3) is 16.5. The highest BCUT2D eigenvalue weighted by atomic mass is 16.5. The maximum absolute atomic E-state index is 10.7. The van der Waals surface area contributed by atoms with Crippen molar-refractivity contribution in [1.29, 1.82) is 0 Å². The first-order valence-corrected chi connectivity index (χ1v) is 8.33. The molecule has 0 fully saturated rings. The van der Waals surface area contributed by atoms with Crippen LogP contribution in [-0.4, -0.2) is 13.1 Å². The summed E-state index contributed by atoms with van der Waals surface area (Å²) in [5.74, 6) is 10.9. The second-order valence-electron chi connectivity index (χ2n) is 5.23. The monoisotopic (exact) mass is 290 g/mol. The van der Waals surface area contributed by atoms with Crippen LogP contribution in [0.25, 0.3) is 0 Å². The molecule has 0 amide bonds. The lowest BCUT2D eigenvalue weighted by Crippen LogP contribution is -1.93. The SMILES string of the molecule is CCCCCCCCCCCC#CCCC#CC(=O)OC. The Morgan fingerprint density at radius 1 is 0.762 bits per heavy atom. The van der Waals surface area contributed by atoms with Gasteiger partial charge in [-0.15, -0.1) is 11.8 Å². The standard InChI is InChI=1S/C19H30O2/c1-3-4-5-6-7-8-9-10-11-12-13-14-15-16-17-18-19(20)21-2/h3-12,15-16H2,1-2H3. The Labute approximate surface area is 131 Å². The van der Waals surface area contributed by atoms with E-state index in [1.807, 2.05) is 0 Å². The van der Waals surface area contributed by atoms with E-state index < -0.39 is 5.97 Å². The molecule has 0 N–H and O–H groups in total. The van der Waals surface area contributed by atoms with E-state index in [1.54, 1.807) is 0 Å². The van der Waals surface area contributed by atoms with Gasteiger partial charge in [0.15, 0.2) is 0 Å². The minimum absolute atomic E-state index is 0.474. The van der Waals surface area contributed by atoms with Crippen molar-refractivity contribution < 1.29 is 9.53 Å². The number of methoxy groups -OCH3 is 1. The van der Waals surface area contributed by atoms with Gasteiger partial charge in [0, 0.05) is 25.2 Å².